The second kappa shape index (κ2) is 4.09. The molecule has 1 aliphatic heterocycles. The van der Waals surface area contributed by atoms with Gasteiger partial charge in [-0.25, -0.2) is 4.90 Å². The van der Waals surface area contributed by atoms with E-state index in [9.17, 15) is 19.8 Å². The number of hydrogen-bond donors (Lipinski definition) is 2. The Morgan fingerprint density at radius 3 is 2.40 bits per heavy atom. The molecule has 100 valence electrons. The second-order valence-corrected chi connectivity index (χ2v) is 4.60. The number of phenols is 2. The average Bonchev–Trinajstić information content (AvgIpc) is 2.65. The van der Waals surface area contributed by atoms with Crippen LogP contribution in [0.2, 0.25) is 0 Å². The lowest BCUT2D eigenvalue weighted by Crippen LogP contribution is -2.29. The number of hydrogen-bond acceptors (Lipinski definition) is 4. The predicted octanol–water partition coefficient (Wildman–Crippen LogP) is 2.21. The van der Waals surface area contributed by atoms with Crippen molar-refractivity contribution >= 4 is 17.5 Å². The first-order chi connectivity index (χ1) is 9.50. The standard InChI is InChI=1S/C15H11NO4/c1-8-12(3-2-4-13(8)18)16-14(19)10-6-5-9(17)7-11(10)15(16)20/h2-7,17-18H,1H3. The third kappa shape index (κ3) is 1.56. The lowest BCUT2D eigenvalue weighted by Gasteiger charge is -2.17. The number of carbonyl (C=O) groups is 2. The number of benzene rings is 2. The van der Waals surface area contributed by atoms with Gasteiger partial charge in [0.05, 0.1) is 16.8 Å². The van der Waals surface area contributed by atoms with Crippen molar-refractivity contribution in [1.82, 2.24) is 0 Å². The maximum Gasteiger partial charge on any atom is 0.266 e. The maximum atomic E-state index is 12.3. The number of anilines is 1. The molecule has 2 amide bonds. The summed E-state index contributed by atoms with van der Waals surface area (Å²) in [5.74, 6) is -1.02. The molecular weight excluding hydrogens is 258 g/mol. The van der Waals surface area contributed by atoms with Crippen molar-refractivity contribution in [3.05, 3.63) is 53.1 Å². The Balaban J connectivity index is 2.17. The first-order valence-electron chi connectivity index (χ1n) is 6.01. The molecule has 1 heterocycles. The predicted molar refractivity (Wildman–Crippen MR) is 72.1 cm³/mol. The molecule has 0 aliphatic carbocycles. The van der Waals surface area contributed by atoms with Gasteiger partial charge >= 0.3 is 0 Å². The lowest BCUT2D eigenvalue weighted by atomic mass is 10.1. The van der Waals surface area contributed by atoms with E-state index >= 15 is 0 Å². The zero-order valence-electron chi connectivity index (χ0n) is 10.6. The molecule has 2 N–H and O–H groups in total. The van der Waals surface area contributed by atoms with Gasteiger partial charge in [0, 0.05) is 5.56 Å². The molecule has 0 saturated carbocycles. The molecule has 0 aromatic heterocycles. The van der Waals surface area contributed by atoms with Crippen molar-refractivity contribution in [2.24, 2.45) is 0 Å². The van der Waals surface area contributed by atoms with Crippen molar-refractivity contribution in [3.8, 4) is 11.5 Å². The summed E-state index contributed by atoms with van der Waals surface area (Å²) in [6, 6.07) is 8.71. The first kappa shape index (κ1) is 12.2. The fraction of sp³-hybridized carbons (Fsp3) is 0.0667. The van der Waals surface area contributed by atoms with Gasteiger partial charge < -0.3 is 10.2 Å². The molecule has 0 fully saturated rings. The topological polar surface area (TPSA) is 77.8 Å². The number of amides is 2. The largest absolute Gasteiger partial charge is 0.508 e. The monoisotopic (exact) mass is 269 g/mol. The Morgan fingerprint density at radius 2 is 1.65 bits per heavy atom. The van der Waals surface area contributed by atoms with Crippen LogP contribution in [0.5, 0.6) is 11.5 Å². The smallest absolute Gasteiger partial charge is 0.266 e. The first-order valence-corrected chi connectivity index (χ1v) is 6.01. The lowest BCUT2D eigenvalue weighted by molar-refractivity contribution is 0.0926. The molecule has 20 heavy (non-hydrogen) atoms. The maximum absolute atomic E-state index is 12.3. The average molecular weight is 269 g/mol. The van der Waals surface area contributed by atoms with Gasteiger partial charge in [0.25, 0.3) is 11.8 Å². The summed E-state index contributed by atoms with van der Waals surface area (Å²) >= 11 is 0. The number of carbonyl (C=O) groups excluding carboxylic acids is 2. The molecule has 5 nitrogen and oxygen atoms in total. The highest BCUT2D eigenvalue weighted by Crippen LogP contribution is 2.34. The molecule has 3 rings (SSSR count). The van der Waals surface area contributed by atoms with E-state index in [0.29, 0.717) is 11.3 Å². The highest BCUT2D eigenvalue weighted by atomic mass is 16.3. The van der Waals surface area contributed by atoms with Crippen LogP contribution in [0.4, 0.5) is 5.69 Å². The molecule has 0 radical (unpaired) electrons. The fourth-order valence-corrected chi connectivity index (χ4v) is 2.30. The Morgan fingerprint density at radius 1 is 0.950 bits per heavy atom. The molecule has 1 aliphatic rings. The van der Waals surface area contributed by atoms with Gasteiger partial charge in [-0.2, -0.15) is 0 Å². The second-order valence-electron chi connectivity index (χ2n) is 4.60. The molecule has 0 atom stereocenters. The highest BCUT2D eigenvalue weighted by molar-refractivity contribution is 6.34. The van der Waals surface area contributed by atoms with E-state index in [2.05, 4.69) is 0 Å². The van der Waals surface area contributed by atoms with Crippen molar-refractivity contribution in [3.63, 3.8) is 0 Å². The number of imide groups is 1. The number of rotatable bonds is 1. The number of fused-ring (bicyclic) bond motifs is 1. The molecule has 0 unspecified atom stereocenters. The highest BCUT2D eigenvalue weighted by Gasteiger charge is 2.37. The third-order valence-electron chi connectivity index (χ3n) is 3.39. The Labute approximate surface area is 114 Å². The Bertz CT molecular complexity index is 752. The van der Waals surface area contributed by atoms with Crippen LogP contribution < -0.4 is 4.90 Å². The van der Waals surface area contributed by atoms with Crippen LogP contribution in [0.1, 0.15) is 26.3 Å². The third-order valence-corrected chi connectivity index (χ3v) is 3.39. The zero-order chi connectivity index (χ0) is 14.4. The molecule has 2 aromatic carbocycles. The number of nitrogens with zero attached hydrogens (tertiary/aromatic N) is 1. The van der Waals surface area contributed by atoms with Gasteiger partial charge in [0.15, 0.2) is 0 Å². The number of aromatic hydroxyl groups is 2. The zero-order valence-corrected chi connectivity index (χ0v) is 10.6. The molecular formula is C15H11NO4. The van der Waals surface area contributed by atoms with Crippen molar-refractivity contribution < 1.29 is 19.8 Å². The summed E-state index contributed by atoms with van der Waals surface area (Å²) in [5, 5.41) is 19.1. The van der Waals surface area contributed by atoms with Gasteiger partial charge in [0.2, 0.25) is 0 Å². The summed E-state index contributed by atoms with van der Waals surface area (Å²) in [5.41, 5.74) is 1.20. The summed E-state index contributed by atoms with van der Waals surface area (Å²) in [6.07, 6.45) is 0. The molecule has 0 saturated heterocycles. The van der Waals surface area contributed by atoms with E-state index in [4.69, 9.17) is 0 Å². The minimum atomic E-state index is -0.505. The van der Waals surface area contributed by atoms with Crippen LogP contribution in [0.3, 0.4) is 0 Å². The van der Waals surface area contributed by atoms with Crippen molar-refractivity contribution in [2.75, 3.05) is 4.90 Å². The van der Waals surface area contributed by atoms with Gasteiger partial charge in [-0.15, -0.1) is 0 Å². The summed E-state index contributed by atoms with van der Waals surface area (Å²) in [7, 11) is 0. The van der Waals surface area contributed by atoms with E-state index in [-0.39, 0.29) is 22.6 Å². The SMILES string of the molecule is Cc1c(O)cccc1N1C(=O)c2ccc(O)cc2C1=O. The molecule has 5 heteroatoms. The van der Waals surface area contributed by atoms with E-state index in [0.717, 1.165) is 4.90 Å². The van der Waals surface area contributed by atoms with Crippen molar-refractivity contribution in [2.45, 2.75) is 6.92 Å². The molecule has 2 aromatic rings. The molecule has 0 bridgehead atoms. The van der Waals surface area contributed by atoms with Crippen LogP contribution >= 0.6 is 0 Å². The molecule has 0 spiro atoms. The minimum Gasteiger partial charge on any atom is -0.508 e. The summed E-state index contributed by atoms with van der Waals surface area (Å²) in [4.78, 5) is 25.7. The Hall–Kier alpha value is -2.82. The van der Waals surface area contributed by atoms with E-state index in [1.807, 2.05) is 0 Å². The van der Waals surface area contributed by atoms with Crippen LogP contribution in [-0.2, 0) is 0 Å². The quantitative estimate of drug-likeness (QED) is 0.778. The van der Waals surface area contributed by atoms with Crippen LogP contribution in [0, 0.1) is 6.92 Å². The van der Waals surface area contributed by atoms with E-state index < -0.39 is 11.8 Å². The van der Waals surface area contributed by atoms with Gasteiger partial charge in [-0.05, 0) is 37.3 Å². The normalized spacial score (nSPS) is 13.8. The summed E-state index contributed by atoms with van der Waals surface area (Å²) < 4.78 is 0. The van der Waals surface area contributed by atoms with Crippen molar-refractivity contribution in [1.29, 1.82) is 0 Å². The van der Waals surface area contributed by atoms with Crippen LogP contribution in [-0.4, -0.2) is 22.0 Å². The van der Waals surface area contributed by atoms with Crippen LogP contribution in [0.25, 0.3) is 0 Å². The van der Waals surface area contributed by atoms with Gasteiger partial charge in [-0.1, -0.05) is 6.07 Å². The van der Waals surface area contributed by atoms with E-state index in [1.165, 1.54) is 24.3 Å². The minimum absolute atomic E-state index is 0.0157. The van der Waals surface area contributed by atoms with E-state index in [1.54, 1.807) is 19.1 Å². The van der Waals surface area contributed by atoms with Gasteiger partial charge in [0.1, 0.15) is 11.5 Å². The fourth-order valence-electron chi connectivity index (χ4n) is 2.30. The van der Waals surface area contributed by atoms with Crippen LogP contribution in [0.15, 0.2) is 36.4 Å². The summed E-state index contributed by atoms with van der Waals surface area (Å²) in [6.45, 7) is 1.63. The number of phenolic OH excluding ortho intramolecular Hbond substituents is 2. The van der Waals surface area contributed by atoms with Gasteiger partial charge in [-0.3, -0.25) is 9.59 Å². The Kier molecular flexibility index (Phi) is 2.50.